The minimum Gasteiger partial charge on any atom is -0.378 e. The molecule has 0 atom stereocenters. The molecule has 1 aromatic heterocycles. The van der Waals surface area contributed by atoms with Gasteiger partial charge in [0.1, 0.15) is 0 Å². The van der Waals surface area contributed by atoms with Crippen LogP contribution < -0.4 is 10.2 Å². The third-order valence-electron chi connectivity index (χ3n) is 2.48. The van der Waals surface area contributed by atoms with Crippen molar-refractivity contribution in [3.8, 4) is 0 Å². The van der Waals surface area contributed by atoms with E-state index in [1.165, 1.54) is 11.4 Å². The normalized spacial score (nSPS) is 16.8. The Morgan fingerprint density at radius 2 is 2.23 bits per heavy atom. The standard InChI is InChI=1S/C10H15N3/c1-13(2)9-3-4-12-10(5-9)8-6-11-7-8/h3-5,8,11H,6-7H2,1-2H3. The van der Waals surface area contributed by atoms with Gasteiger partial charge in [-0.25, -0.2) is 0 Å². The first-order chi connectivity index (χ1) is 6.27. The Hall–Kier alpha value is -1.09. The number of hydrogen-bond donors (Lipinski definition) is 1. The van der Waals surface area contributed by atoms with Crippen LogP contribution in [-0.2, 0) is 0 Å². The van der Waals surface area contributed by atoms with Gasteiger partial charge in [-0.15, -0.1) is 0 Å². The molecule has 70 valence electrons. The highest BCUT2D eigenvalue weighted by molar-refractivity contribution is 5.45. The fourth-order valence-corrected chi connectivity index (χ4v) is 1.44. The van der Waals surface area contributed by atoms with E-state index >= 15 is 0 Å². The predicted molar refractivity (Wildman–Crippen MR) is 54.2 cm³/mol. The number of nitrogens with zero attached hydrogens (tertiary/aromatic N) is 2. The Labute approximate surface area is 78.8 Å². The molecule has 0 aliphatic carbocycles. The maximum absolute atomic E-state index is 4.38. The number of hydrogen-bond acceptors (Lipinski definition) is 3. The molecular weight excluding hydrogens is 162 g/mol. The number of nitrogens with one attached hydrogen (secondary N) is 1. The number of pyridine rings is 1. The van der Waals surface area contributed by atoms with Crippen LogP contribution in [0.2, 0.25) is 0 Å². The van der Waals surface area contributed by atoms with E-state index in [4.69, 9.17) is 0 Å². The zero-order chi connectivity index (χ0) is 9.26. The summed E-state index contributed by atoms with van der Waals surface area (Å²) in [6.07, 6.45) is 1.89. The summed E-state index contributed by atoms with van der Waals surface area (Å²) in [6, 6.07) is 4.21. The maximum atomic E-state index is 4.38. The highest BCUT2D eigenvalue weighted by atomic mass is 15.1. The molecule has 0 amide bonds. The summed E-state index contributed by atoms with van der Waals surface area (Å²) in [5.41, 5.74) is 2.45. The molecule has 1 aliphatic rings. The summed E-state index contributed by atoms with van der Waals surface area (Å²) in [6.45, 7) is 2.15. The molecule has 2 rings (SSSR count). The highest BCUT2D eigenvalue weighted by Gasteiger charge is 2.20. The van der Waals surface area contributed by atoms with Crippen molar-refractivity contribution < 1.29 is 0 Å². The molecule has 1 N–H and O–H groups in total. The van der Waals surface area contributed by atoms with Crippen molar-refractivity contribution in [3.05, 3.63) is 24.0 Å². The van der Waals surface area contributed by atoms with Crippen molar-refractivity contribution in [1.29, 1.82) is 0 Å². The zero-order valence-corrected chi connectivity index (χ0v) is 8.12. The van der Waals surface area contributed by atoms with Gasteiger partial charge in [0.25, 0.3) is 0 Å². The average Bonchev–Trinajstić information content (AvgIpc) is 2.01. The van der Waals surface area contributed by atoms with Gasteiger partial charge in [0, 0.05) is 50.7 Å². The average molecular weight is 177 g/mol. The summed E-state index contributed by atoms with van der Waals surface area (Å²) >= 11 is 0. The van der Waals surface area contributed by atoms with Crippen LogP contribution in [0.4, 0.5) is 5.69 Å². The number of anilines is 1. The third kappa shape index (κ3) is 1.65. The van der Waals surface area contributed by atoms with Gasteiger partial charge in [0.15, 0.2) is 0 Å². The largest absolute Gasteiger partial charge is 0.378 e. The molecule has 2 heterocycles. The van der Waals surface area contributed by atoms with Crippen LogP contribution in [0.1, 0.15) is 11.6 Å². The lowest BCUT2D eigenvalue weighted by Gasteiger charge is -2.27. The molecular formula is C10H15N3. The molecule has 0 spiro atoms. The minimum atomic E-state index is 0.625. The summed E-state index contributed by atoms with van der Waals surface area (Å²) < 4.78 is 0. The second-order valence-electron chi connectivity index (χ2n) is 3.69. The van der Waals surface area contributed by atoms with Crippen molar-refractivity contribution in [1.82, 2.24) is 10.3 Å². The molecule has 3 nitrogen and oxygen atoms in total. The second kappa shape index (κ2) is 3.34. The van der Waals surface area contributed by atoms with E-state index in [-0.39, 0.29) is 0 Å². The van der Waals surface area contributed by atoms with E-state index in [9.17, 15) is 0 Å². The topological polar surface area (TPSA) is 28.2 Å². The fraction of sp³-hybridized carbons (Fsp3) is 0.500. The smallest absolute Gasteiger partial charge is 0.0480 e. The first-order valence-corrected chi connectivity index (χ1v) is 4.61. The van der Waals surface area contributed by atoms with E-state index in [2.05, 4.69) is 35.4 Å². The lowest BCUT2D eigenvalue weighted by atomic mass is 9.98. The Bertz CT molecular complexity index is 292. The first kappa shape index (κ1) is 8.51. The second-order valence-corrected chi connectivity index (χ2v) is 3.69. The van der Waals surface area contributed by atoms with Gasteiger partial charge in [-0.2, -0.15) is 0 Å². The van der Waals surface area contributed by atoms with Gasteiger partial charge in [-0.1, -0.05) is 0 Å². The van der Waals surface area contributed by atoms with Crippen LogP contribution in [0.3, 0.4) is 0 Å². The van der Waals surface area contributed by atoms with Crippen LogP contribution in [0.5, 0.6) is 0 Å². The molecule has 1 aromatic rings. The maximum Gasteiger partial charge on any atom is 0.0480 e. The summed E-state index contributed by atoms with van der Waals surface area (Å²) in [7, 11) is 4.11. The van der Waals surface area contributed by atoms with E-state index in [0.29, 0.717) is 5.92 Å². The quantitative estimate of drug-likeness (QED) is 0.725. The minimum absolute atomic E-state index is 0.625. The van der Waals surface area contributed by atoms with Crippen molar-refractivity contribution in [2.75, 3.05) is 32.1 Å². The number of rotatable bonds is 2. The molecule has 0 radical (unpaired) electrons. The van der Waals surface area contributed by atoms with E-state index in [0.717, 1.165) is 13.1 Å². The predicted octanol–water partition coefficient (Wildman–Crippen LogP) is 0.834. The van der Waals surface area contributed by atoms with Crippen LogP contribution in [0.25, 0.3) is 0 Å². The lowest BCUT2D eigenvalue weighted by Crippen LogP contribution is -2.40. The van der Waals surface area contributed by atoms with E-state index in [1.54, 1.807) is 0 Å². The molecule has 1 aliphatic heterocycles. The molecule has 13 heavy (non-hydrogen) atoms. The van der Waals surface area contributed by atoms with Gasteiger partial charge < -0.3 is 10.2 Å². The van der Waals surface area contributed by atoms with Crippen molar-refractivity contribution in [3.63, 3.8) is 0 Å². The van der Waals surface area contributed by atoms with Crippen LogP contribution >= 0.6 is 0 Å². The summed E-state index contributed by atoms with van der Waals surface area (Å²) in [5, 5.41) is 3.25. The molecule has 0 unspecified atom stereocenters. The SMILES string of the molecule is CN(C)c1ccnc(C2CNC2)c1. The van der Waals surface area contributed by atoms with Crippen molar-refractivity contribution >= 4 is 5.69 Å². The van der Waals surface area contributed by atoms with Crippen molar-refractivity contribution in [2.45, 2.75) is 5.92 Å². The molecule has 1 fully saturated rings. The first-order valence-electron chi connectivity index (χ1n) is 4.61. The zero-order valence-electron chi connectivity index (χ0n) is 8.12. The Morgan fingerprint density at radius 3 is 2.77 bits per heavy atom. The van der Waals surface area contributed by atoms with Crippen LogP contribution in [0, 0.1) is 0 Å². The lowest BCUT2D eigenvalue weighted by molar-refractivity contribution is 0.440. The summed E-state index contributed by atoms with van der Waals surface area (Å²) in [5.74, 6) is 0.625. The molecule has 0 saturated carbocycles. The van der Waals surface area contributed by atoms with Gasteiger partial charge in [-0.05, 0) is 12.1 Å². The van der Waals surface area contributed by atoms with Crippen molar-refractivity contribution in [2.24, 2.45) is 0 Å². The monoisotopic (exact) mass is 177 g/mol. The van der Waals surface area contributed by atoms with E-state index in [1.807, 2.05) is 12.3 Å². The Morgan fingerprint density at radius 1 is 1.46 bits per heavy atom. The molecule has 0 bridgehead atoms. The summed E-state index contributed by atoms with van der Waals surface area (Å²) in [4.78, 5) is 6.49. The van der Waals surface area contributed by atoms with Gasteiger partial charge in [0.2, 0.25) is 0 Å². The number of aromatic nitrogens is 1. The molecule has 3 heteroatoms. The van der Waals surface area contributed by atoms with Gasteiger partial charge in [0.05, 0.1) is 0 Å². The third-order valence-corrected chi connectivity index (χ3v) is 2.48. The van der Waals surface area contributed by atoms with Crippen LogP contribution in [-0.4, -0.2) is 32.2 Å². The van der Waals surface area contributed by atoms with E-state index < -0.39 is 0 Å². The fourth-order valence-electron chi connectivity index (χ4n) is 1.44. The Balaban J connectivity index is 2.21. The van der Waals surface area contributed by atoms with Crippen LogP contribution in [0.15, 0.2) is 18.3 Å². The van der Waals surface area contributed by atoms with Gasteiger partial charge in [-0.3, -0.25) is 4.98 Å². The Kier molecular flexibility index (Phi) is 2.19. The van der Waals surface area contributed by atoms with Gasteiger partial charge >= 0.3 is 0 Å². The molecule has 0 aromatic carbocycles. The molecule has 1 saturated heterocycles. The highest BCUT2D eigenvalue weighted by Crippen LogP contribution is 2.21.